The Morgan fingerprint density at radius 3 is 1.79 bits per heavy atom. The summed E-state index contributed by atoms with van der Waals surface area (Å²) in [6.07, 6.45) is 1.60. The molecule has 0 bridgehead atoms. The molecule has 1 aromatic heterocycles. The molecule has 0 amide bonds. The molecule has 0 aliphatic heterocycles. The van der Waals surface area contributed by atoms with Gasteiger partial charge in [0.05, 0.1) is 30.4 Å². The largest absolute Gasteiger partial charge is 0.466 e. The van der Waals surface area contributed by atoms with E-state index in [2.05, 4.69) is 22.2 Å². The van der Waals surface area contributed by atoms with E-state index >= 15 is 0 Å². The minimum absolute atomic E-state index is 0.234. The molecule has 0 atom stereocenters. The van der Waals surface area contributed by atoms with Crippen molar-refractivity contribution in [3.63, 3.8) is 0 Å². The molecule has 0 aliphatic carbocycles. The third-order valence-corrected chi connectivity index (χ3v) is 3.65. The summed E-state index contributed by atoms with van der Waals surface area (Å²) in [4.78, 5) is 4.10. The second-order valence-electron chi connectivity index (χ2n) is 5.08. The van der Waals surface area contributed by atoms with Crippen LogP contribution in [-0.2, 0) is 0 Å². The number of aromatic nitrogens is 3. The lowest BCUT2D eigenvalue weighted by Gasteiger charge is -2.18. The minimum atomic E-state index is -0.234. The van der Waals surface area contributed by atoms with E-state index in [-0.39, 0.29) is 12.1 Å². The zero-order valence-electron chi connectivity index (χ0n) is 12.9. The van der Waals surface area contributed by atoms with Crippen molar-refractivity contribution in [2.75, 3.05) is 7.11 Å². The van der Waals surface area contributed by atoms with Gasteiger partial charge in [0, 0.05) is 0 Å². The average molecular weight is 315 g/mol. The maximum atomic E-state index is 8.97. The zero-order valence-corrected chi connectivity index (χ0v) is 12.9. The van der Waals surface area contributed by atoms with Crippen LogP contribution >= 0.6 is 0 Å². The summed E-state index contributed by atoms with van der Waals surface area (Å²) in [7, 11) is 1.51. The maximum Gasteiger partial charge on any atom is 0.335 e. The van der Waals surface area contributed by atoms with Crippen LogP contribution in [0.15, 0.2) is 54.9 Å². The van der Waals surface area contributed by atoms with Gasteiger partial charge in [0.1, 0.15) is 12.4 Å². The van der Waals surface area contributed by atoms with Crippen molar-refractivity contribution < 1.29 is 4.74 Å². The molecular formula is C18H13N5O. The maximum absolute atomic E-state index is 8.97. The van der Waals surface area contributed by atoms with E-state index in [1.165, 1.54) is 7.11 Å². The highest BCUT2D eigenvalue weighted by atomic mass is 16.5. The van der Waals surface area contributed by atoms with Crippen molar-refractivity contribution in [3.05, 3.63) is 77.1 Å². The Morgan fingerprint density at radius 2 is 1.42 bits per heavy atom. The molecule has 0 aliphatic rings. The summed E-state index contributed by atoms with van der Waals surface area (Å²) in [5, 5.41) is 22.3. The molecule has 116 valence electrons. The third-order valence-electron chi connectivity index (χ3n) is 3.65. The smallest absolute Gasteiger partial charge is 0.335 e. The van der Waals surface area contributed by atoms with E-state index in [1.54, 1.807) is 35.3 Å². The van der Waals surface area contributed by atoms with Crippen molar-refractivity contribution in [2.45, 2.75) is 6.04 Å². The van der Waals surface area contributed by atoms with Gasteiger partial charge in [0.25, 0.3) is 0 Å². The second kappa shape index (κ2) is 6.64. The van der Waals surface area contributed by atoms with E-state index in [0.29, 0.717) is 11.1 Å². The van der Waals surface area contributed by atoms with Crippen molar-refractivity contribution in [3.8, 4) is 18.1 Å². The first-order chi connectivity index (χ1) is 11.7. The molecule has 3 aromatic rings. The van der Waals surface area contributed by atoms with Crippen LogP contribution in [0.4, 0.5) is 0 Å². The Morgan fingerprint density at radius 1 is 0.917 bits per heavy atom. The van der Waals surface area contributed by atoms with Gasteiger partial charge in [-0.2, -0.15) is 15.5 Å². The Labute approximate surface area is 139 Å². The summed E-state index contributed by atoms with van der Waals surface area (Å²) >= 11 is 0. The van der Waals surface area contributed by atoms with Gasteiger partial charge >= 0.3 is 6.01 Å². The molecule has 6 heteroatoms. The van der Waals surface area contributed by atoms with E-state index in [1.807, 2.05) is 24.3 Å². The Hall–Kier alpha value is -3.64. The van der Waals surface area contributed by atoms with Crippen molar-refractivity contribution >= 4 is 0 Å². The summed E-state index contributed by atoms with van der Waals surface area (Å²) in [5.41, 5.74) is 3.08. The lowest BCUT2D eigenvalue weighted by molar-refractivity contribution is 0.374. The molecule has 0 N–H and O–H groups in total. The molecule has 2 aromatic carbocycles. The number of nitrogens with zero attached hydrogens (tertiary/aromatic N) is 5. The number of ether oxygens (including phenoxy) is 1. The van der Waals surface area contributed by atoms with Gasteiger partial charge in [-0.15, -0.1) is 5.10 Å². The van der Waals surface area contributed by atoms with E-state index in [4.69, 9.17) is 15.3 Å². The first-order valence-electron chi connectivity index (χ1n) is 7.20. The summed E-state index contributed by atoms with van der Waals surface area (Å²) < 4.78 is 6.76. The topological polar surface area (TPSA) is 87.5 Å². The van der Waals surface area contributed by atoms with Gasteiger partial charge in [-0.05, 0) is 35.4 Å². The van der Waals surface area contributed by atoms with Crippen LogP contribution in [0.1, 0.15) is 28.3 Å². The first kappa shape index (κ1) is 15.3. The van der Waals surface area contributed by atoms with Crippen molar-refractivity contribution in [1.82, 2.24) is 14.8 Å². The molecule has 0 radical (unpaired) electrons. The van der Waals surface area contributed by atoms with Crippen LogP contribution in [0.2, 0.25) is 0 Å². The molecule has 0 saturated heterocycles. The molecule has 0 saturated carbocycles. The van der Waals surface area contributed by atoms with E-state index < -0.39 is 0 Å². The molecule has 3 rings (SSSR count). The molecule has 6 nitrogen and oxygen atoms in total. The highest BCUT2D eigenvalue weighted by molar-refractivity contribution is 5.40. The first-order valence-corrected chi connectivity index (χ1v) is 7.20. The number of nitriles is 2. The molecule has 0 fully saturated rings. The van der Waals surface area contributed by atoms with Gasteiger partial charge in [-0.1, -0.05) is 24.3 Å². The third kappa shape index (κ3) is 2.94. The van der Waals surface area contributed by atoms with Crippen LogP contribution in [0.25, 0.3) is 0 Å². The van der Waals surface area contributed by atoms with Crippen LogP contribution < -0.4 is 4.74 Å². The highest BCUT2D eigenvalue weighted by Crippen LogP contribution is 2.27. The lowest BCUT2D eigenvalue weighted by atomic mass is 9.97. The van der Waals surface area contributed by atoms with Gasteiger partial charge in [0.2, 0.25) is 0 Å². The standard InChI is InChI=1S/C18H13N5O/c1-24-18-21-12-23(22-18)17(15-6-2-13(10-19)3-7-15)16-8-4-14(11-20)5-9-16/h2-9,12,17H,1H3. The quantitative estimate of drug-likeness (QED) is 0.738. The number of rotatable bonds is 4. The Kier molecular flexibility index (Phi) is 4.22. The number of hydrogen-bond donors (Lipinski definition) is 0. The second-order valence-corrected chi connectivity index (χ2v) is 5.08. The summed E-state index contributed by atoms with van der Waals surface area (Å²) in [6, 6.07) is 18.9. The lowest BCUT2D eigenvalue weighted by Crippen LogP contribution is -2.13. The molecular weight excluding hydrogens is 302 g/mol. The van der Waals surface area contributed by atoms with E-state index in [0.717, 1.165) is 11.1 Å². The minimum Gasteiger partial charge on any atom is -0.466 e. The van der Waals surface area contributed by atoms with Crippen LogP contribution in [0.5, 0.6) is 6.01 Å². The fourth-order valence-electron chi connectivity index (χ4n) is 2.45. The molecule has 24 heavy (non-hydrogen) atoms. The van der Waals surface area contributed by atoms with E-state index in [9.17, 15) is 0 Å². The average Bonchev–Trinajstić information content (AvgIpc) is 3.12. The molecule has 0 unspecified atom stereocenters. The van der Waals surface area contributed by atoms with Gasteiger partial charge in [-0.25, -0.2) is 4.68 Å². The van der Waals surface area contributed by atoms with Gasteiger partial charge in [-0.3, -0.25) is 0 Å². The Balaban J connectivity index is 2.08. The molecule has 0 spiro atoms. The van der Waals surface area contributed by atoms with Crippen LogP contribution in [0.3, 0.4) is 0 Å². The number of methoxy groups -OCH3 is 1. The predicted octanol–water partition coefficient (Wildman–Crippen LogP) is 2.67. The van der Waals surface area contributed by atoms with Crippen LogP contribution in [-0.4, -0.2) is 21.9 Å². The monoisotopic (exact) mass is 315 g/mol. The SMILES string of the molecule is COc1ncn(C(c2ccc(C#N)cc2)c2ccc(C#N)cc2)n1. The normalized spacial score (nSPS) is 10.2. The van der Waals surface area contributed by atoms with Gasteiger partial charge < -0.3 is 4.74 Å². The van der Waals surface area contributed by atoms with Crippen LogP contribution in [0, 0.1) is 22.7 Å². The Bertz CT molecular complexity index is 856. The fraction of sp³-hybridized carbons (Fsp3) is 0.111. The predicted molar refractivity (Wildman–Crippen MR) is 86.1 cm³/mol. The summed E-state index contributed by atoms with van der Waals surface area (Å²) in [6.45, 7) is 0. The zero-order chi connectivity index (χ0) is 16.9. The van der Waals surface area contributed by atoms with Gasteiger partial charge in [0.15, 0.2) is 0 Å². The van der Waals surface area contributed by atoms with Crippen molar-refractivity contribution in [1.29, 1.82) is 10.5 Å². The fourth-order valence-corrected chi connectivity index (χ4v) is 2.45. The molecule has 1 heterocycles. The number of hydrogen-bond acceptors (Lipinski definition) is 5. The van der Waals surface area contributed by atoms with Crippen molar-refractivity contribution in [2.24, 2.45) is 0 Å². The number of benzene rings is 2. The summed E-state index contributed by atoms with van der Waals surface area (Å²) in [5.74, 6) is 0. The highest BCUT2D eigenvalue weighted by Gasteiger charge is 2.18.